The zero-order valence-corrected chi connectivity index (χ0v) is 12.6. The molecule has 0 aliphatic rings. The normalized spacial score (nSPS) is 11.8. The highest BCUT2D eigenvalue weighted by atomic mass is 16.5. The Hall–Kier alpha value is -1.73. The van der Waals surface area contributed by atoms with Gasteiger partial charge in [-0.2, -0.15) is 5.26 Å². The lowest BCUT2D eigenvalue weighted by Crippen LogP contribution is -2.27. The van der Waals surface area contributed by atoms with E-state index in [-0.39, 0.29) is 6.10 Å². The van der Waals surface area contributed by atoms with Crippen LogP contribution in [0.15, 0.2) is 18.2 Å². The van der Waals surface area contributed by atoms with Gasteiger partial charge in [0.15, 0.2) is 0 Å². The van der Waals surface area contributed by atoms with Crippen LogP contribution in [0, 0.1) is 11.3 Å². The average molecular weight is 276 g/mol. The van der Waals surface area contributed by atoms with Gasteiger partial charge in [0.2, 0.25) is 0 Å². The molecule has 110 valence electrons. The first-order valence-corrected chi connectivity index (χ1v) is 7.17. The minimum atomic E-state index is -0.241. The fraction of sp³-hybridized carbons (Fsp3) is 0.562. The van der Waals surface area contributed by atoms with Crippen LogP contribution in [0.4, 0.5) is 5.69 Å². The summed E-state index contributed by atoms with van der Waals surface area (Å²) >= 11 is 0. The number of methoxy groups -OCH3 is 1. The van der Waals surface area contributed by atoms with Crippen molar-refractivity contribution in [1.29, 1.82) is 5.26 Å². The molecule has 4 nitrogen and oxygen atoms in total. The third-order valence-corrected chi connectivity index (χ3v) is 3.41. The molecule has 1 aromatic rings. The zero-order chi connectivity index (χ0) is 15.0. The van der Waals surface area contributed by atoms with Crippen molar-refractivity contribution in [1.82, 2.24) is 0 Å². The topological polar surface area (TPSA) is 56.5 Å². The molecule has 1 rings (SSSR count). The van der Waals surface area contributed by atoms with Gasteiger partial charge in [-0.25, -0.2) is 0 Å². The van der Waals surface area contributed by atoms with E-state index in [2.05, 4.69) is 24.8 Å². The molecular weight excluding hydrogens is 252 g/mol. The standard InChI is InChI=1S/C16H24N2O2/c1-4-6-15(19)9-10-18(5-2)14-8-7-13(12-17)16(11-14)20-3/h7-8,11,15,19H,4-6,9-10H2,1-3H3/t15-/m0/s1. The lowest BCUT2D eigenvalue weighted by molar-refractivity contribution is 0.155. The number of aliphatic hydroxyl groups is 1. The molecule has 0 bridgehead atoms. The average Bonchev–Trinajstić information content (AvgIpc) is 2.47. The van der Waals surface area contributed by atoms with Crippen molar-refractivity contribution < 1.29 is 9.84 Å². The first-order valence-electron chi connectivity index (χ1n) is 7.17. The van der Waals surface area contributed by atoms with Gasteiger partial charge in [0.1, 0.15) is 11.8 Å². The molecule has 1 atom stereocenters. The predicted molar refractivity (Wildman–Crippen MR) is 81.1 cm³/mol. The van der Waals surface area contributed by atoms with Crippen LogP contribution in [0.1, 0.15) is 38.7 Å². The largest absolute Gasteiger partial charge is 0.495 e. The van der Waals surface area contributed by atoms with Gasteiger partial charge in [0.25, 0.3) is 0 Å². The van der Waals surface area contributed by atoms with E-state index in [1.165, 1.54) is 0 Å². The Labute approximate surface area is 121 Å². The number of rotatable bonds is 8. The Morgan fingerprint density at radius 2 is 2.10 bits per heavy atom. The molecule has 0 amide bonds. The summed E-state index contributed by atoms with van der Waals surface area (Å²) in [5.41, 5.74) is 1.56. The van der Waals surface area contributed by atoms with E-state index in [4.69, 9.17) is 10.00 Å². The van der Waals surface area contributed by atoms with Crippen LogP contribution >= 0.6 is 0 Å². The highest BCUT2D eigenvalue weighted by molar-refractivity contribution is 5.56. The molecule has 20 heavy (non-hydrogen) atoms. The first-order chi connectivity index (χ1) is 9.65. The number of nitriles is 1. The maximum atomic E-state index is 9.83. The van der Waals surface area contributed by atoms with Crippen molar-refractivity contribution >= 4 is 5.69 Å². The lowest BCUT2D eigenvalue weighted by atomic mass is 10.1. The summed E-state index contributed by atoms with van der Waals surface area (Å²) in [5.74, 6) is 0.595. The quantitative estimate of drug-likeness (QED) is 0.793. The first kappa shape index (κ1) is 16.3. The second-order valence-corrected chi connectivity index (χ2v) is 4.81. The van der Waals surface area contributed by atoms with Crippen molar-refractivity contribution in [2.45, 2.75) is 39.2 Å². The second-order valence-electron chi connectivity index (χ2n) is 4.81. The number of nitrogens with zero attached hydrogens (tertiary/aromatic N) is 2. The molecule has 0 heterocycles. The van der Waals surface area contributed by atoms with Crippen molar-refractivity contribution in [3.05, 3.63) is 23.8 Å². The second kappa shape index (κ2) is 8.44. The van der Waals surface area contributed by atoms with Crippen molar-refractivity contribution in [3.63, 3.8) is 0 Å². The van der Waals surface area contributed by atoms with Gasteiger partial charge < -0.3 is 14.7 Å². The van der Waals surface area contributed by atoms with E-state index in [0.29, 0.717) is 11.3 Å². The van der Waals surface area contributed by atoms with Gasteiger partial charge in [0, 0.05) is 24.8 Å². The Bertz CT molecular complexity index is 454. The minimum Gasteiger partial charge on any atom is -0.495 e. The Morgan fingerprint density at radius 3 is 2.65 bits per heavy atom. The summed E-state index contributed by atoms with van der Waals surface area (Å²) < 4.78 is 5.24. The van der Waals surface area contributed by atoms with Crippen molar-refractivity contribution in [2.75, 3.05) is 25.1 Å². The van der Waals surface area contributed by atoms with Crippen LogP contribution in [-0.4, -0.2) is 31.4 Å². The van der Waals surface area contributed by atoms with E-state index >= 15 is 0 Å². The van der Waals surface area contributed by atoms with Crippen LogP contribution in [-0.2, 0) is 0 Å². The predicted octanol–water partition coefficient (Wildman–Crippen LogP) is 2.94. The van der Waals surface area contributed by atoms with Crippen LogP contribution in [0.2, 0.25) is 0 Å². The zero-order valence-electron chi connectivity index (χ0n) is 12.6. The lowest BCUT2D eigenvalue weighted by Gasteiger charge is -2.25. The van der Waals surface area contributed by atoms with Crippen LogP contribution in [0.3, 0.4) is 0 Å². The summed E-state index contributed by atoms with van der Waals surface area (Å²) in [6, 6.07) is 7.70. The van der Waals surface area contributed by atoms with Crippen molar-refractivity contribution in [3.8, 4) is 11.8 Å². The van der Waals surface area contributed by atoms with E-state index in [1.807, 2.05) is 12.1 Å². The van der Waals surface area contributed by atoms with Crippen LogP contribution in [0.25, 0.3) is 0 Å². The summed E-state index contributed by atoms with van der Waals surface area (Å²) in [7, 11) is 1.57. The molecule has 4 heteroatoms. The van der Waals surface area contributed by atoms with Gasteiger partial charge in [-0.05, 0) is 31.9 Å². The van der Waals surface area contributed by atoms with Gasteiger partial charge in [-0.3, -0.25) is 0 Å². The number of anilines is 1. The summed E-state index contributed by atoms with van der Waals surface area (Å²) in [5, 5.41) is 18.8. The third kappa shape index (κ3) is 4.43. The van der Waals surface area contributed by atoms with Gasteiger partial charge in [-0.15, -0.1) is 0 Å². The van der Waals surface area contributed by atoms with E-state index < -0.39 is 0 Å². The Morgan fingerprint density at radius 1 is 1.35 bits per heavy atom. The molecule has 0 aliphatic carbocycles. The monoisotopic (exact) mass is 276 g/mol. The van der Waals surface area contributed by atoms with E-state index in [9.17, 15) is 5.11 Å². The highest BCUT2D eigenvalue weighted by Crippen LogP contribution is 2.25. The SMILES string of the molecule is CCC[C@H](O)CCN(CC)c1ccc(C#N)c(OC)c1. The van der Waals surface area contributed by atoms with Crippen LogP contribution in [0.5, 0.6) is 5.75 Å². The van der Waals surface area contributed by atoms with Gasteiger partial charge >= 0.3 is 0 Å². The summed E-state index contributed by atoms with van der Waals surface area (Å²) in [4.78, 5) is 2.18. The molecule has 0 unspecified atom stereocenters. The fourth-order valence-electron chi connectivity index (χ4n) is 2.22. The molecular formula is C16H24N2O2. The van der Waals surface area contributed by atoms with E-state index in [0.717, 1.165) is 38.0 Å². The maximum absolute atomic E-state index is 9.83. The minimum absolute atomic E-state index is 0.241. The molecule has 1 N–H and O–H groups in total. The smallest absolute Gasteiger partial charge is 0.138 e. The van der Waals surface area contributed by atoms with Crippen LogP contribution < -0.4 is 9.64 Å². The number of ether oxygens (including phenoxy) is 1. The molecule has 0 aromatic heterocycles. The third-order valence-electron chi connectivity index (χ3n) is 3.41. The molecule has 0 saturated carbocycles. The molecule has 0 radical (unpaired) electrons. The number of benzene rings is 1. The Balaban J connectivity index is 2.77. The number of hydrogen-bond donors (Lipinski definition) is 1. The maximum Gasteiger partial charge on any atom is 0.138 e. The van der Waals surface area contributed by atoms with Crippen molar-refractivity contribution in [2.24, 2.45) is 0 Å². The Kier molecular flexibility index (Phi) is 6.89. The summed E-state index contributed by atoms with van der Waals surface area (Å²) in [6.07, 6.45) is 2.35. The molecule has 0 fully saturated rings. The highest BCUT2D eigenvalue weighted by Gasteiger charge is 2.11. The molecule has 0 aliphatic heterocycles. The van der Waals surface area contributed by atoms with Gasteiger partial charge in [-0.1, -0.05) is 13.3 Å². The molecule has 1 aromatic carbocycles. The fourth-order valence-corrected chi connectivity index (χ4v) is 2.22. The van der Waals surface area contributed by atoms with E-state index in [1.54, 1.807) is 13.2 Å². The number of aliphatic hydroxyl groups excluding tert-OH is 1. The molecule has 0 saturated heterocycles. The molecule has 0 spiro atoms. The summed E-state index contributed by atoms with van der Waals surface area (Å²) in [6.45, 7) is 5.81. The van der Waals surface area contributed by atoms with Gasteiger partial charge in [0.05, 0.1) is 18.8 Å². The number of hydrogen-bond acceptors (Lipinski definition) is 4.